The summed E-state index contributed by atoms with van der Waals surface area (Å²) in [6.45, 7) is 2.55. The zero-order valence-corrected chi connectivity index (χ0v) is 13.1. The SMILES string of the molecule is O=C(CCn1cnc2sccc2c1=O)NCC1CCCOC1. The highest BCUT2D eigenvalue weighted by atomic mass is 32.1. The van der Waals surface area contributed by atoms with E-state index in [0.717, 1.165) is 30.9 Å². The molecule has 0 saturated carbocycles. The van der Waals surface area contributed by atoms with Crippen LogP contribution in [0.2, 0.25) is 0 Å². The Balaban J connectivity index is 1.51. The third-order valence-electron chi connectivity index (χ3n) is 3.87. The van der Waals surface area contributed by atoms with Gasteiger partial charge in [-0.1, -0.05) is 0 Å². The van der Waals surface area contributed by atoms with Gasteiger partial charge in [-0.2, -0.15) is 0 Å². The summed E-state index contributed by atoms with van der Waals surface area (Å²) in [5, 5.41) is 5.39. The molecular formula is C15H19N3O3S. The normalized spacial score (nSPS) is 18.5. The monoisotopic (exact) mass is 321 g/mol. The van der Waals surface area contributed by atoms with Gasteiger partial charge in [-0.15, -0.1) is 11.3 Å². The van der Waals surface area contributed by atoms with Crippen LogP contribution >= 0.6 is 11.3 Å². The van der Waals surface area contributed by atoms with E-state index >= 15 is 0 Å². The zero-order valence-electron chi connectivity index (χ0n) is 12.3. The summed E-state index contributed by atoms with van der Waals surface area (Å²) in [5.41, 5.74) is -0.0836. The van der Waals surface area contributed by atoms with Crippen LogP contribution in [0.15, 0.2) is 22.6 Å². The Morgan fingerprint density at radius 2 is 2.45 bits per heavy atom. The third-order valence-corrected chi connectivity index (χ3v) is 4.69. The van der Waals surface area contributed by atoms with E-state index in [1.807, 2.05) is 5.38 Å². The first-order valence-corrected chi connectivity index (χ1v) is 8.39. The molecule has 3 heterocycles. The Morgan fingerprint density at radius 1 is 1.55 bits per heavy atom. The summed E-state index contributed by atoms with van der Waals surface area (Å²) in [4.78, 5) is 29.1. The second-order valence-electron chi connectivity index (χ2n) is 5.52. The van der Waals surface area contributed by atoms with Gasteiger partial charge in [-0.05, 0) is 30.2 Å². The Bertz CT molecular complexity index is 703. The highest BCUT2D eigenvalue weighted by molar-refractivity contribution is 7.16. The van der Waals surface area contributed by atoms with E-state index < -0.39 is 0 Å². The van der Waals surface area contributed by atoms with Crippen molar-refractivity contribution >= 4 is 27.5 Å². The number of hydrogen-bond acceptors (Lipinski definition) is 5. The van der Waals surface area contributed by atoms with Gasteiger partial charge < -0.3 is 10.1 Å². The topological polar surface area (TPSA) is 73.2 Å². The van der Waals surface area contributed by atoms with E-state index in [1.165, 1.54) is 22.2 Å². The number of carbonyl (C=O) groups excluding carboxylic acids is 1. The number of nitrogens with one attached hydrogen (secondary N) is 1. The van der Waals surface area contributed by atoms with E-state index in [4.69, 9.17) is 4.74 Å². The van der Waals surface area contributed by atoms with Crippen LogP contribution < -0.4 is 10.9 Å². The molecule has 22 heavy (non-hydrogen) atoms. The molecule has 7 heteroatoms. The number of ether oxygens (including phenoxy) is 1. The molecule has 6 nitrogen and oxygen atoms in total. The minimum atomic E-state index is -0.0836. The largest absolute Gasteiger partial charge is 0.381 e. The molecule has 2 aromatic heterocycles. The molecule has 0 aliphatic carbocycles. The molecule has 1 amide bonds. The number of rotatable bonds is 5. The molecule has 1 fully saturated rings. The summed E-state index contributed by atoms with van der Waals surface area (Å²) in [5.74, 6) is 0.368. The van der Waals surface area contributed by atoms with Crippen LogP contribution in [0.3, 0.4) is 0 Å². The molecule has 0 bridgehead atoms. The Kier molecular flexibility index (Phi) is 4.84. The van der Waals surface area contributed by atoms with Crippen molar-refractivity contribution in [3.63, 3.8) is 0 Å². The Hall–Kier alpha value is -1.73. The molecule has 3 rings (SSSR count). The number of aryl methyl sites for hydroxylation is 1. The Morgan fingerprint density at radius 3 is 3.27 bits per heavy atom. The molecule has 0 radical (unpaired) electrons. The first-order chi connectivity index (χ1) is 10.7. The minimum Gasteiger partial charge on any atom is -0.381 e. The van der Waals surface area contributed by atoms with Gasteiger partial charge in [0.1, 0.15) is 4.83 Å². The van der Waals surface area contributed by atoms with E-state index in [9.17, 15) is 9.59 Å². The van der Waals surface area contributed by atoms with Crippen molar-refractivity contribution in [2.45, 2.75) is 25.8 Å². The molecule has 1 saturated heterocycles. The lowest BCUT2D eigenvalue weighted by molar-refractivity contribution is -0.121. The van der Waals surface area contributed by atoms with Crippen LogP contribution in [-0.2, 0) is 16.1 Å². The second-order valence-corrected chi connectivity index (χ2v) is 6.41. The maximum absolute atomic E-state index is 12.2. The van der Waals surface area contributed by atoms with E-state index in [1.54, 1.807) is 6.07 Å². The van der Waals surface area contributed by atoms with Crippen molar-refractivity contribution in [2.24, 2.45) is 5.92 Å². The number of hydrogen-bond donors (Lipinski definition) is 1. The summed E-state index contributed by atoms with van der Waals surface area (Å²) < 4.78 is 6.89. The lowest BCUT2D eigenvalue weighted by atomic mass is 10.0. The number of nitrogens with zero attached hydrogens (tertiary/aromatic N) is 2. The highest BCUT2D eigenvalue weighted by Crippen LogP contribution is 2.13. The molecule has 1 unspecified atom stereocenters. The Labute approximate surface area is 132 Å². The van der Waals surface area contributed by atoms with Gasteiger partial charge in [-0.3, -0.25) is 14.2 Å². The number of aromatic nitrogens is 2. The van der Waals surface area contributed by atoms with Gasteiger partial charge in [0.2, 0.25) is 5.91 Å². The first kappa shape index (κ1) is 15.2. The van der Waals surface area contributed by atoms with E-state index in [-0.39, 0.29) is 17.9 Å². The van der Waals surface area contributed by atoms with Crippen molar-refractivity contribution in [3.05, 3.63) is 28.1 Å². The van der Waals surface area contributed by atoms with Crippen molar-refractivity contribution in [2.75, 3.05) is 19.8 Å². The fraction of sp³-hybridized carbons (Fsp3) is 0.533. The summed E-state index contributed by atoms with van der Waals surface area (Å²) in [7, 11) is 0. The average Bonchev–Trinajstić information content (AvgIpc) is 3.03. The van der Waals surface area contributed by atoms with Crippen LogP contribution in [0, 0.1) is 5.92 Å². The molecule has 0 spiro atoms. The van der Waals surface area contributed by atoms with Gasteiger partial charge in [0.15, 0.2) is 0 Å². The van der Waals surface area contributed by atoms with Gasteiger partial charge in [-0.25, -0.2) is 4.98 Å². The number of fused-ring (bicyclic) bond motifs is 1. The van der Waals surface area contributed by atoms with Gasteiger partial charge in [0.25, 0.3) is 5.56 Å². The predicted molar refractivity (Wildman–Crippen MR) is 85.0 cm³/mol. The fourth-order valence-corrected chi connectivity index (χ4v) is 3.31. The zero-order chi connectivity index (χ0) is 15.4. The number of carbonyl (C=O) groups is 1. The van der Waals surface area contributed by atoms with Gasteiger partial charge in [0.05, 0.1) is 18.3 Å². The van der Waals surface area contributed by atoms with Crippen molar-refractivity contribution < 1.29 is 9.53 Å². The maximum atomic E-state index is 12.2. The number of amides is 1. The van der Waals surface area contributed by atoms with Crippen LogP contribution in [-0.4, -0.2) is 35.2 Å². The molecule has 1 N–H and O–H groups in total. The van der Waals surface area contributed by atoms with Crippen LogP contribution in [0.4, 0.5) is 0 Å². The maximum Gasteiger partial charge on any atom is 0.262 e. The lowest BCUT2D eigenvalue weighted by Gasteiger charge is -2.22. The first-order valence-electron chi connectivity index (χ1n) is 7.51. The van der Waals surface area contributed by atoms with Crippen LogP contribution in [0.1, 0.15) is 19.3 Å². The molecule has 118 valence electrons. The number of thiophene rings is 1. The predicted octanol–water partition coefficient (Wildman–Crippen LogP) is 1.39. The molecule has 2 aromatic rings. The van der Waals surface area contributed by atoms with Crippen LogP contribution in [0.5, 0.6) is 0 Å². The molecule has 1 aliphatic heterocycles. The molecule has 1 aliphatic rings. The van der Waals surface area contributed by atoms with E-state index in [2.05, 4.69) is 10.3 Å². The van der Waals surface area contributed by atoms with Gasteiger partial charge in [0, 0.05) is 26.1 Å². The van der Waals surface area contributed by atoms with Crippen molar-refractivity contribution in [3.8, 4) is 0 Å². The van der Waals surface area contributed by atoms with Crippen molar-refractivity contribution in [1.82, 2.24) is 14.9 Å². The second kappa shape index (κ2) is 7.02. The quantitative estimate of drug-likeness (QED) is 0.903. The van der Waals surface area contributed by atoms with Crippen molar-refractivity contribution in [1.29, 1.82) is 0 Å². The van der Waals surface area contributed by atoms with Crippen LogP contribution in [0.25, 0.3) is 10.2 Å². The highest BCUT2D eigenvalue weighted by Gasteiger charge is 2.15. The minimum absolute atomic E-state index is 0.0390. The third kappa shape index (κ3) is 3.53. The van der Waals surface area contributed by atoms with E-state index in [0.29, 0.717) is 24.4 Å². The molecule has 0 aromatic carbocycles. The summed E-state index contributed by atoms with van der Waals surface area (Å²) in [6, 6.07) is 1.77. The smallest absolute Gasteiger partial charge is 0.262 e. The summed E-state index contributed by atoms with van der Waals surface area (Å²) >= 11 is 1.44. The lowest BCUT2D eigenvalue weighted by Crippen LogP contribution is -2.34. The molecular weight excluding hydrogens is 302 g/mol. The fourth-order valence-electron chi connectivity index (χ4n) is 2.59. The summed E-state index contributed by atoms with van der Waals surface area (Å²) in [6.07, 6.45) is 3.95. The average molecular weight is 321 g/mol. The standard InChI is InChI=1S/C15H19N3O3S/c19-13(16-8-11-2-1-6-21-9-11)3-5-18-10-17-14-12(15(18)20)4-7-22-14/h4,7,10-11H,1-3,5-6,8-9H2,(H,16,19). The molecule has 1 atom stereocenters. The van der Waals surface area contributed by atoms with Gasteiger partial charge >= 0.3 is 0 Å².